The normalized spacial score (nSPS) is 10.6. The molecule has 0 aliphatic heterocycles. The van der Waals surface area contributed by atoms with Crippen LogP contribution in [0.4, 0.5) is 22.1 Å². The van der Waals surface area contributed by atoms with Crippen LogP contribution in [0.25, 0.3) is 11.2 Å². The number of unbranched alkanes of at least 4 members (excludes halogenated alkanes) is 1. The van der Waals surface area contributed by atoms with Gasteiger partial charge in [-0.1, -0.05) is 36.4 Å². The number of aryl methyl sites for hydroxylation is 1. The molecule has 11 heteroatoms. The van der Waals surface area contributed by atoms with Gasteiger partial charge in [-0.05, 0) is 37.1 Å². The lowest BCUT2D eigenvalue weighted by Gasteiger charge is -2.22. The van der Waals surface area contributed by atoms with E-state index >= 15 is 0 Å². The molecule has 11 nitrogen and oxygen atoms in total. The maximum atomic E-state index is 13.5. The second-order valence-electron chi connectivity index (χ2n) is 8.07. The summed E-state index contributed by atoms with van der Waals surface area (Å²) in [6.07, 6.45) is 2.19. The molecule has 0 saturated carbocycles. The molecule has 1 N–H and O–H groups in total. The summed E-state index contributed by atoms with van der Waals surface area (Å²) in [5.74, 6) is -0.809. The molecule has 2 aromatic heterocycles. The Labute approximate surface area is 213 Å². The molecule has 4 rings (SSSR count). The smallest absolute Gasteiger partial charge is 0.425 e. The molecule has 0 aliphatic carbocycles. The average molecular weight is 503 g/mol. The number of nitrogens with zero attached hydrogens (tertiary/aromatic N) is 5. The third-order valence-electron chi connectivity index (χ3n) is 5.21. The zero-order valence-corrected chi connectivity index (χ0v) is 20.5. The number of ether oxygens (including phenoxy) is 2. The minimum atomic E-state index is -0.706. The standard InChI is InChI=1S/C26H26N6O5/c1-18(33)28-25-29-23-22(27-17-31(23)15-9-10-16-36-19(2)34)24(30-25)37-26(35)32(20-11-5-3-6-12-20)21-13-7-4-8-14-21/h3-8,11-14,17H,9-10,15-16H2,1-2H3,(H,28,29,30,33). The molecule has 0 fully saturated rings. The van der Waals surface area contributed by atoms with Gasteiger partial charge < -0.3 is 14.0 Å². The summed E-state index contributed by atoms with van der Waals surface area (Å²) in [4.78, 5) is 50.6. The van der Waals surface area contributed by atoms with E-state index in [0.29, 0.717) is 43.0 Å². The summed E-state index contributed by atoms with van der Waals surface area (Å²) in [7, 11) is 0. The second kappa shape index (κ2) is 11.8. The monoisotopic (exact) mass is 502 g/mol. The number of rotatable bonds is 9. The molecule has 2 amide bonds. The summed E-state index contributed by atoms with van der Waals surface area (Å²) in [5, 5.41) is 2.54. The highest BCUT2D eigenvalue weighted by Gasteiger charge is 2.24. The predicted molar refractivity (Wildman–Crippen MR) is 137 cm³/mol. The van der Waals surface area contributed by atoms with Crippen molar-refractivity contribution in [3.05, 3.63) is 67.0 Å². The number of esters is 1. The van der Waals surface area contributed by atoms with E-state index in [4.69, 9.17) is 9.47 Å². The summed E-state index contributed by atoms with van der Waals surface area (Å²) >= 11 is 0. The van der Waals surface area contributed by atoms with E-state index in [2.05, 4.69) is 20.3 Å². The number of carbonyl (C=O) groups excluding carboxylic acids is 3. The van der Waals surface area contributed by atoms with E-state index in [0.717, 1.165) is 0 Å². The van der Waals surface area contributed by atoms with Crippen molar-refractivity contribution < 1.29 is 23.9 Å². The molecule has 37 heavy (non-hydrogen) atoms. The molecule has 0 saturated heterocycles. The molecule has 0 aliphatic rings. The third kappa shape index (κ3) is 6.45. The average Bonchev–Trinajstić information content (AvgIpc) is 3.28. The maximum Gasteiger partial charge on any atom is 0.425 e. The number of imidazole rings is 1. The summed E-state index contributed by atoms with van der Waals surface area (Å²) in [6.45, 7) is 3.52. The largest absolute Gasteiger partial charge is 0.466 e. The van der Waals surface area contributed by atoms with Crippen molar-refractivity contribution in [2.45, 2.75) is 33.2 Å². The molecular weight excluding hydrogens is 476 g/mol. The van der Waals surface area contributed by atoms with Crippen LogP contribution in [0, 0.1) is 0 Å². The predicted octanol–water partition coefficient (Wildman–Crippen LogP) is 4.47. The van der Waals surface area contributed by atoms with Gasteiger partial charge in [-0.2, -0.15) is 9.97 Å². The van der Waals surface area contributed by atoms with Gasteiger partial charge in [-0.3, -0.25) is 14.9 Å². The zero-order valence-electron chi connectivity index (χ0n) is 20.5. The number of hydrogen-bond donors (Lipinski definition) is 1. The summed E-state index contributed by atoms with van der Waals surface area (Å²) in [6, 6.07) is 18.1. The Hall–Kier alpha value is -4.80. The van der Waals surface area contributed by atoms with Gasteiger partial charge in [0.2, 0.25) is 11.9 Å². The van der Waals surface area contributed by atoms with Crippen molar-refractivity contribution in [1.82, 2.24) is 19.5 Å². The summed E-state index contributed by atoms with van der Waals surface area (Å²) in [5.41, 5.74) is 1.86. The Kier molecular flexibility index (Phi) is 8.04. The number of fused-ring (bicyclic) bond motifs is 1. The minimum absolute atomic E-state index is 0.0181. The molecule has 0 bridgehead atoms. The van der Waals surface area contributed by atoms with Crippen molar-refractivity contribution in [1.29, 1.82) is 0 Å². The number of amides is 2. The Bertz CT molecular complexity index is 1350. The van der Waals surface area contributed by atoms with E-state index < -0.39 is 6.09 Å². The first-order chi connectivity index (χ1) is 17.9. The van der Waals surface area contributed by atoms with Crippen LogP contribution in [0.2, 0.25) is 0 Å². The Morgan fingerprint density at radius 2 is 1.57 bits per heavy atom. The van der Waals surface area contributed by atoms with E-state index in [9.17, 15) is 14.4 Å². The highest BCUT2D eigenvalue weighted by molar-refractivity contribution is 5.98. The van der Waals surface area contributed by atoms with Crippen LogP contribution in [0.1, 0.15) is 26.7 Å². The van der Waals surface area contributed by atoms with E-state index in [1.165, 1.54) is 18.7 Å². The van der Waals surface area contributed by atoms with Gasteiger partial charge in [0.1, 0.15) is 0 Å². The SMILES string of the molecule is CC(=O)Nc1nc(OC(=O)N(c2ccccc2)c2ccccc2)c2ncn(CCCCOC(C)=O)c2n1. The zero-order chi connectivity index (χ0) is 26.2. The van der Waals surface area contributed by atoms with Crippen molar-refractivity contribution in [3.63, 3.8) is 0 Å². The van der Waals surface area contributed by atoms with Gasteiger partial charge in [-0.25, -0.2) is 14.7 Å². The van der Waals surface area contributed by atoms with Gasteiger partial charge in [0.15, 0.2) is 11.2 Å². The van der Waals surface area contributed by atoms with Crippen LogP contribution < -0.4 is 15.0 Å². The van der Waals surface area contributed by atoms with Gasteiger partial charge >= 0.3 is 12.1 Å². The van der Waals surface area contributed by atoms with Crippen molar-refractivity contribution in [2.75, 3.05) is 16.8 Å². The molecule has 190 valence electrons. The van der Waals surface area contributed by atoms with Crippen molar-refractivity contribution >= 4 is 46.5 Å². The van der Waals surface area contributed by atoms with Gasteiger partial charge in [0.05, 0.1) is 24.3 Å². The number of para-hydroxylation sites is 2. The molecule has 2 heterocycles. The number of anilines is 3. The van der Waals surface area contributed by atoms with Crippen LogP contribution in [0.15, 0.2) is 67.0 Å². The quantitative estimate of drug-likeness (QED) is 0.262. The van der Waals surface area contributed by atoms with Crippen LogP contribution in [0.5, 0.6) is 5.88 Å². The van der Waals surface area contributed by atoms with Gasteiger partial charge in [-0.15, -0.1) is 0 Å². The van der Waals surface area contributed by atoms with Crippen LogP contribution >= 0.6 is 0 Å². The number of carbonyl (C=O) groups is 3. The van der Waals surface area contributed by atoms with Gasteiger partial charge in [0.25, 0.3) is 5.88 Å². The van der Waals surface area contributed by atoms with E-state index in [1.54, 1.807) is 35.2 Å². The minimum Gasteiger partial charge on any atom is -0.466 e. The van der Waals surface area contributed by atoms with Gasteiger partial charge in [0, 0.05) is 20.4 Å². The molecule has 2 aromatic carbocycles. The fourth-order valence-electron chi connectivity index (χ4n) is 3.61. The number of benzene rings is 2. The molecule has 0 unspecified atom stereocenters. The first-order valence-corrected chi connectivity index (χ1v) is 11.7. The Balaban J connectivity index is 1.64. The number of aromatic nitrogens is 4. The van der Waals surface area contributed by atoms with Crippen molar-refractivity contribution in [3.8, 4) is 5.88 Å². The molecule has 0 radical (unpaired) electrons. The van der Waals surface area contributed by atoms with E-state index in [1.807, 2.05) is 36.4 Å². The third-order valence-corrected chi connectivity index (χ3v) is 5.21. The lowest BCUT2D eigenvalue weighted by molar-refractivity contribution is -0.141. The molecule has 0 atom stereocenters. The highest BCUT2D eigenvalue weighted by Crippen LogP contribution is 2.29. The number of nitrogens with one attached hydrogen (secondary N) is 1. The topological polar surface area (TPSA) is 129 Å². The van der Waals surface area contributed by atoms with E-state index in [-0.39, 0.29) is 29.2 Å². The Morgan fingerprint density at radius 1 is 0.919 bits per heavy atom. The van der Waals surface area contributed by atoms with Crippen LogP contribution in [-0.2, 0) is 20.9 Å². The second-order valence-corrected chi connectivity index (χ2v) is 8.07. The van der Waals surface area contributed by atoms with Crippen LogP contribution in [0.3, 0.4) is 0 Å². The molecule has 4 aromatic rings. The fourth-order valence-corrected chi connectivity index (χ4v) is 3.61. The lowest BCUT2D eigenvalue weighted by atomic mass is 10.2. The lowest BCUT2D eigenvalue weighted by Crippen LogP contribution is -2.29. The fraction of sp³-hybridized carbons (Fsp3) is 0.231. The van der Waals surface area contributed by atoms with Crippen molar-refractivity contribution in [2.24, 2.45) is 0 Å². The highest BCUT2D eigenvalue weighted by atomic mass is 16.6. The molecule has 0 spiro atoms. The first kappa shape index (κ1) is 25.3. The number of hydrogen-bond acceptors (Lipinski definition) is 8. The molecular formula is C26H26N6O5. The maximum absolute atomic E-state index is 13.5. The Morgan fingerprint density at radius 3 is 2.16 bits per heavy atom. The summed E-state index contributed by atoms with van der Waals surface area (Å²) < 4.78 is 12.5. The van der Waals surface area contributed by atoms with Crippen LogP contribution in [-0.4, -0.2) is 44.1 Å². The first-order valence-electron chi connectivity index (χ1n) is 11.7.